The SMILES string of the molecule is NCc1cccc2c1CCN2CC1CCOCC1. The van der Waals surface area contributed by atoms with Crippen molar-refractivity contribution in [3.8, 4) is 0 Å². The minimum Gasteiger partial charge on any atom is -0.381 e. The monoisotopic (exact) mass is 246 g/mol. The molecule has 0 aliphatic carbocycles. The van der Waals surface area contributed by atoms with Gasteiger partial charge in [0.2, 0.25) is 0 Å². The summed E-state index contributed by atoms with van der Waals surface area (Å²) in [5, 5.41) is 0. The summed E-state index contributed by atoms with van der Waals surface area (Å²) < 4.78 is 5.44. The van der Waals surface area contributed by atoms with E-state index in [1.807, 2.05) is 0 Å². The van der Waals surface area contributed by atoms with Gasteiger partial charge in [-0.1, -0.05) is 12.1 Å². The Balaban J connectivity index is 1.73. The van der Waals surface area contributed by atoms with Crippen LogP contribution in [0.5, 0.6) is 0 Å². The second-order valence-corrected chi connectivity index (χ2v) is 5.37. The van der Waals surface area contributed by atoms with E-state index in [2.05, 4.69) is 23.1 Å². The number of anilines is 1. The molecule has 0 amide bonds. The van der Waals surface area contributed by atoms with Gasteiger partial charge in [0.25, 0.3) is 0 Å². The highest BCUT2D eigenvalue weighted by Crippen LogP contribution is 2.32. The average molecular weight is 246 g/mol. The zero-order valence-electron chi connectivity index (χ0n) is 10.9. The summed E-state index contributed by atoms with van der Waals surface area (Å²) in [7, 11) is 0. The molecule has 3 heteroatoms. The lowest BCUT2D eigenvalue weighted by Crippen LogP contribution is -2.31. The van der Waals surface area contributed by atoms with Crippen LogP contribution in [0, 0.1) is 5.92 Å². The fraction of sp³-hybridized carbons (Fsp3) is 0.600. The Bertz CT molecular complexity index is 413. The summed E-state index contributed by atoms with van der Waals surface area (Å²) in [6.45, 7) is 4.88. The van der Waals surface area contributed by atoms with E-state index in [4.69, 9.17) is 10.5 Å². The molecule has 0 unspecified atom stereocenters. The van der Waals surface area contributed by atoms with Gasteiger partial charge in [0.05, 0.1) is 0 Å². The summed E-state index contributed by atoms with van der Waals surface area (Å²) >= 11 is 0. The van der Waals surface area contributed by atoms with Crippen molar-refractivity contribution in [3.63, 3.8) is 0 Å². The fourth-order valence-corrected chi connectivity index (χ4v) is 3.19. The molecule has 1 fully saturated rings. The molecule has 3 nitrogen and oxygen atoms in total. The predicted molar refractivity (Wildman–Crippen MR) is 73.8 cm³/mol. The summed E-state index contributed by atoms with van der Waals surface area (Å²) in [6, 6.07) is 6.56. The van der Waals surface area contributed by atoms with Crippen LogP contribution in [0.2, 0.25) is 0 Å². The van der Waals surface area contributed by atoms with Gasteiger partial charge in [-0.05, 0) is 42.4 Å². The molecule has 3 rings (SSSR count). The fourth-order valence-electron chi connectivity index (χ4n) is 3.19. The number of nitrogens with two attached hydrogens (primary N) is 1. The molecule has 18 heavy (non-hydrogen) atoms. The van der Waals surface area contributed by atoms with E-state index in [1.54, 1.807) is 0 Å². The number of fused-ring (bicyclic) bond motifs is 1. The molecule has 1 aromatic carbocycles. The smallest absolute Gasteiger partial charge is 0.0469 e. The Labute approximate surface area is 109 Å². The van der Waals surface area contributed by atoms with Crippen LogP contribution in [0.1, 0.15) is 24.0 Å². The van der Waals surface area contributed by atoms with Crippen LogP contribution in [0.3, 0.4) is 0 Å². The van der Waals surface area contributed by atoms with Crippen LogP contribution in [0.4, 0.5) is 5.69 Å². The van der Waals surface area contributed by atoms with Crippen molar-refractivity contribution >= 4 is 5.69 Å². The first-order valence-electron chi connectivity index (χ1n) is 7.02. The van der Waals surface area contributed by atoms with Gasteiger partial charge in [-0.2, -0.15) is 0 Å². The predicted octanol–water partition coefficient (Wildman–Crippen LogP) is 1.93. The quantitative estimate of drug-likeness (QED) is 0.885. The van der Waals surface area contributed by atoms with Crippen LogP contribution in [-0.2, 0) is 17.7 Å². The summed E-state index contributed by atoms with van der Waals surface area (Å²) in [6.07, 6.45) is 3.58. The minimum atomic E-state index is 0.661. The van der Waals surface area contributed by atoms with E-state index in [-0.39, 0.29) is 0 Å². The molecule has 0 bridgehead atoms. The van der Waals surface area contributed by atoms with Gasteiger partial charge in [-0.25, -0.2) is 0 Å². The summed E-state index contributed by atoms with van der Waals surface area (Å²) in [5.41, 5.74) is 10.0. The first-order chi connectivity index (χ1) is 8.88. The largest absolute Gasteiger partial charge is 0.381 e. The lowest BCUT2D eigenvalue weighted by Gasteiger charge is -2.28. The highest BCUT2D eigenvalue weighted by atomic mass is 16.5. The number of ether oxygens (including phenoxy) is 1. The second-order valence-electron chi connectivity index (χ2n) is 5.37. The van der Waals surface area contributed by atoms with Crippen LogP contribution < -0.4 is 10.6 Å². The van der Waals surface area contributed by atoms with Crippen LogP contribution in [0.15, 0.2) is 18.2 Å². The molecule has 0 atom stereocenters. The number of nitrogens with zero attached hydrogens (tertiary/aromatic N) is 1. The highest BCUT2D eigenvalue weighted by Gasteiger charge is 2.24. The number of benzene rings is 1. The number of rotatable bonds is 3. The minimum absolute atomic E-state index is 0.661. The average Bonchev–Trinajstić information content (AvgIpc) is 2.83. The third kappa shape index (κ3) is 2.25. The Kier molecular flexibility index (Phi) is 3.52. The van der Waals surface area contributed by atoms with Gasteiger partial charge in [0, 0.05) is 38.5 Å². The zero-order chi connectivity index (χ0) is 12.4. The molecule has 0 aromatic heterocycles. The molecular weight excluding hydrogens is 224 g/mol. The normalized spacial score (nSPS) is 20.2. The molecule has 2 aliphatic heterocycles. The molecule has 0 saturated carbocycles. The van der Waals surface area contributed by atoms with Crippen molar-refractivity contribution in [3.05, 3.63) is 29.3 Å². The van der Waals surface area contributed by atoms with Gasteiger partial charge in [0.15, 0.2) is 0 Å². The van der Waals surface area contributed by atoms with Gasteiger partial charge in [-0.3, -0.25) is 0 Å². The van der Waals surface area contributed by atoms with E-state index < -0.39 is 0 Å². The maximum atomic E-state index is 5.82. The van der Waals surface area contributed by atoms with Crippen molar-refractivity contribution in [1.29, 1.82) is 0 Å². The van der Waals surface area contributed by atoms with Gasteiger partial charge in [0.1, 0.15) is 0 Å². The molecule has 2 heterocycles. The Morgan fingerprint density at radius 1 is 1.28 bits per heavy atom. The lowest BCUT2D eigenvalue weighted by molar-refractivity contribution is 0.0683. The molecule has 2 N–H and O–H groups in total. The Morgan fingerprint density at radius 3 is 2.89 bits per heavy atom. The molecule has 1 saturated heterocycles. The third-order valence-electron chi connectivity index (χ3n) is 4.26. The molecule has 98 valence electrons. The molecule has 1 aromatic rings. The molecule has 0 spiro atoms. The molecular formula is C15H22N2O. The zero-order valence-corrected chi connectivity index (χ0v) is 10.9. The van der Waals surface area contributed by atoms with Crippen molar-refractivity contribution in [2.45, 2.75) is 25.8 Å². The second kappa shape index (κ2) is 5.29. The van der Waals surface area contributed by atoms with Crippen molar-refractivity contribution < 1.29 is 4.74 Å². The first-order valence-corrected chi connectivity index (χ1v) is 7.02. The van der Waals surface area contributed by atoms with Crippen molar-refractivity contribution in [1.82, 2.24) is 0 Å². The third-order valence-corrected chi connectivity index (χ3v) is 4.26. The van der Waals surface area contributed by atoms with Crippen LogP contribution >= 0.6 is 0 Å². The van der Waals surface area contributed by atoms with E-state index in [0.29, 0.717) is 6.54 Å². The Morgan fingerprint density at radius 2 is 2.11 bits per heavy atom. The van der Waals surface area contributed by atoms with E-state index in [1.165, 1.54) is 36.2 Å². The van der Waals surface area contributed by atoms with Crippen LogP contribution in [-0.4, -0.2) is 26.3 Å². The van der Waals surface area contributed by atoms with Crippen LogP contribution in [0.25, 0.3) is 0 Å². The number of hydrogen-bond donors (Lipinski definition) is 1. The highest BCUT2D eigenvalue weighted by molar-refractivity contribution is 5.60. The molecule has 0 radical (unpaired) electrons. The van der Waals surface area contributed by atoms with E-state index >= 15 is 0 Å². The van der Waals surface area contributed by atoms with Gasteiger partial charge < -0.3 is 15.4 Å². The van der Waals surface area contributed by atoms with E-state index in [0.717, 1.165) is 32.1 Å². The summed E-state index contributed by atoms with van der Waals surface area (Å²) in [4.78, 5) is 2.55. The number of hydrogen-bond acceptors (Lipinski definition) is 3. The van der Waals surface area contributed by atoms with Crippen molar-refractivity contribution in [2.75, 3.05) is 31.2 Å². The topological polar surface area (TPSA) is 38.5 Å². The van der Waals surface area contributed by atoms with E-state index in [9.17, 15) is 0 Å². The lowest BCUT2D eigenvalue weighted by atomic mass is 9.99. The first kappa shape index (κ1) is 12.0. The maximum Gasteiger partial charge on any atom is 0.0469 e. The maximum absolute atomic E-state index is 5.82. The van der Waals surface area contributed by atoms with Gasteiger partial charge in [-0.15, -0.1) is 0 Å². The van der Waals surface area contributed by atoms with Gasteiger partial charge >= 0.3 is 0 Å². The molecule has 2 aliphatic rings. The summed E-state index contributed by atoms with van der Waals surface area (Å²) in [5.74, 6) is 0.797. The standard InChI is InChI=1S/C15H22N2O/c16-10-13-2-1-3-15-14(13)4-7-17(15)11-12-5-8-18-9-6-12/h1-3,12H,4-11,16H2. The van der Waals surface area contributed by atoms with Crippen molar-refractivity contribution in [2.24, 2.45) is 11.7 Å². The Hall–Kier alpha value is -1.06.